The van der Waals surface area contributed by atoms with Gasteiger partial charge in [-0.1, -0.05) is 49.1 Å². The minimum absolute atomic E-state index is 0.0512. The van der Waals surface area contributed by atoms with E-state index in [-0.39, 0.29) is 17.4 Å². The summed E-state index contributed by atoms with van der Waals surface area (Å²) in [7, 11) is 1.69. The van der Waals surface area contributed by atoms with E-state index in [1.54, 1.807) is 19.2 Å². The maximum atomic E-state index is 13.0. The number of carbonyl (C=O) groups is 1. The van der Waals surface area contributed by atoms with Gasteiger partial charge in [0.15, 0.2) is 0 Å². The molecule has 0 atom stereocenters. The number of hydrogen-bond acceptors (Lipinski definition) is 3. The predicted molar refractivity (Wildman–Crippen MR) is 126 cm³/mol. The summed E-state index contributed by atoms with van der Waals surface area (Å²) < 4.78 is 0. The summed E-state index contributed by atoms with van der Waals surface area (Å²) in [5, 5.41) is 21.6. The van der Waals surface area contributed by atoms with E-state index in [1.165, 1.54) is 16.0 Å². The first-order valence-electron chi connectivity index (χ1n) is 10.9. The Morgan fingerprint density at radius 1 is 1.17 bits per heavy atom. The molecule has 0 aromatic heterocycles. The summed E-state index contributed by atoms with van der Waals surface area (Å²) in [6, 6.07) is 1.66. The number of carbonyl (C=O) groups excluding carboxylic acids is 1. The molecule has 4 heteroatoms. The second kappa shape index (κ2) is 12.9. The molecule has 1 aromatic carbocycles. The van der Waals surface area contributed by atoms with E-state index in [9.17, 15) is 15.0 Å². The van der Waals surface area contributed by atoms with Gasteiger partial charge in [-0.3, -0.25) is 4.79 Å². The lowest BCUT2D eigenvalue weighted by Gasteiger charge is -2.20. The standard InChI is InChI=1S/C26H39NO3/c1-7-9-10-14-21-18-23(28)22(16-15-20(5)13-11-12-19(3)4)25(29)24(21)26(30)27(6)17-8-2/h8,12,15,18,28-29H,2,7,9-11,13-14,16-17H2,1,3-6H3. The molecule has 166 valence electrons. The van der Waals surface area contributed by atoms with Gasteiger partial charge in [0.05, 0.1) is 5.56 Å². The number of aromatic hydroxyl groups is 2. The average Bonchev–Trinajstić information content (AvgIpc) is 2.67. The van der Waals surface area contributed by atoms with Crippen molar-refractivity contribution in [3.63, 3.8) is 0 Å². The summed E-state index contributed by atoms with van der Waals surface area (Å²) in [5.74, 6) is -0.296. The number of unbranched alkanes of at least 4 members (excludes halogenated alkanes) is 2. The van der Waals surface area contributed by atoms with Gasteiger partial charge in [0.1, 0.15) is 11.5 Å². The molecule has 0 saturated heterocycles. The van der Waals surface area contributed by atoms with Gasteiger partial charge in [0.2, 0.25) is 0 Å². The number of aryl methyl sites for hydroxylation is 1. The lowest BCUT2D eigenvalue weighted by Crippen LogP contribution is -2.28. The Labute approximate surface area is 182 Å². The normalized spacial score (nSPS) is 11.3. The number of benzene rings is 1. The van der Waals surface area contributed by atoms with Gasteiger partial charge in [-0.05, 0) is 64.5 Å². The molecule has 0 aliphatic rings. The number of allylic oxidation sites excluding steroid dienone is 4. The number of rotatable bonds is 12. The van der Waals surface area contributed by atoms with E-state index in [4.69, 9.17) is 0 Å². The van der Waals surface area contributed by atoms with Crippen LogP contribution in [-0.2, 0) is 12.8 Å². The van der Waals surface area contributed by atoms with Crippen molar-refractivity contribution in [3.8, 4) is 11.5 Å². The highest BCUT2D eigenvalue weighted by Crippen LogP contribution is 2.36. The molecule has 0 fully saturated rings. The summed E-state index contributed by atoms with van der Waals surface area (Å²) >= 11 is 0. The van der Waals surface area contributed by atoms with Gasteiger partial charge in [0.25, 0.3) is 5.91 Å². The molecule has 2 N–H and O–H groups in total. The lowest BCUT2D eigenvalue weighted by molar-refractivity contribution is 0.0806. The SMILES string of the molecule is C=CCN(C)C(=O)c1c(CCCCC)cc(O)c(CC=C(C)CCC=C(C)C)c1O. The number of phenols is 2. The summed E-state index contributed by atoms with van der Waals surface area (Å²) in [6.45, 7) is 12.4. The quantitative estimate of drug-likeness (QED) is 0.311. The largest absolute Gasteiger partial charge is 0.508 e. The second-order valence-corrected chi connectivity index (χ2v) is 8.26. The highest BCUT2D eigenvalue weighted by molar-refractivity contribution is 5.99. The molecule has 0 spiro atoms. The van der Waals surface area contributed by atoms with Crippen LogP contribution in [0.2, 0.25) is 0 Å². The number of nitrogens with zero attached hydrogens (tertiary/aromatic N) is 1. The number of likely N-dealkylation sites (N-methyl/N-ethyl adjacent to an activating group) is 1. The fourth-order valence-corrected chi connectivity index (χ4v) is 3.39. The Balaban J connectivity index is 3.24. The summed E-state index contributed by atoms with van der Waals surface area (Å²) in [5.41, 5.74) is 3.90. The number of amides is 1. The van der Waals surface area contributed by atoms with E-state index in [0.29, 0.717) is 36.1 Å². The van der Waals surface area contributed by atoms with E-state index < -0.39 is 0 Å². The Morgan fingerprint density at radius 3 is 2.47 bits per heavy atom. The zero-order valence-corrected chi connectivity index (χ0v) is 19.4. The zero-order valence-electron chi connectivity index (χ0n) is 19.4. The van der Waals surface area contributed by atoms with Crippen LogP contribution in [0.3, 0.4) is 0 Å². The van der Waals surface area contributed by atoms with Crippen LogP contribution >= 0.6 is 0 Å². The first-order chi connectivity index (χ1) is 14.2. The van der Waals surface area contributed by atoms with E-state index >= 15 is 0 Å². The van der Waals surface area contributed by atoms with Crippen LogP contribution in [0.4, 0.5) is 0 Å². The van der Waals surface area contributed by atoms with Crippen LogP contribution in [0.15, 0.2) is 42.0 Å². The molecule has 0 aliphatic carbocycles. The Hall–Kier alpha value is -2.49. The van der Waals surface area contributed by atoms with Gasteiger partial charge in [-0.15, -0.1) is 6.58 Å². The first kappa shape index (κ1) is 25.5. The third-order valence-corrected chi connectivity index (χ3v) is 5.22. The topological polar surface area (TPSA) is 60.8 Å². The van der Waals surface area contributed by atoms with Crippen LogP contribution in [-0.4, -0.2) is 34.6 Å². The molecule has 30 heavy (non-hydrogen) atoms. The molecule has 0 saturated carbocycles. The van der Waals surface area contributed by atoms with E-state index in [2.05, 4.69) is 40.3 Å². The van der Waals surface area contributed by atoms with Crippen molar-refractivity contribution in [2.24, 2.45) is 0 Å². The average molecular weight is 414 g/mol. The first-order valence-corrected chi connectivity index (χ1v) is 10.9. The molecule has 1 rings (SSSR count). The highest BCUT2D eigenvalue weighted by Gasteiger charge is 2.24. The van der Waals surface area contributed by atoms with Crippen LogP contribution < -0.4 is 0 Å². The van der Waals surface area contributed by atoms with Crippen molar-refractivity contribution >= 4 is 5.91 Å². The number of hydrogen-bond donors (Lipinski definition) is 2. The Morgan fingerprint density at radius 2 is 1.87 bits per heavy atom. The fourth-order valence-electron chi connectivity index (χ4n) is 3.39. The van der Waals surface area contributed by atoms with Crippen LogP contribution in [0.25, 0.3) is 0 Å². The zero-order chi connectivity index (χ0) is 22.7. The molecule has 0 bridgehead atoms. The molecule has 0 aliphatic heterocycles. The second-order valence-electron chi connectivity index (χ2n) is 8.26. The van der Waals surface area contributed by atoms with Gasteiger partial charge in [-0.25, -0.2) is 0 Å². The van der Waals surface area contributed by atoms with Gasteiger partial charge in [-0.2, -0.15) is 0 Å². The molecule has 1 amide bonds. The van der Waals surface area contributed by atoms with E-state index in [0.717, 1.165) is 32.1 Å². The molecular formula is C26H39NO3. The van der Waals surface area contributed by atoms with Crippen molar-refractivity contribution in [2.75, 3.05) is 13.6 Å². The smallest absolute Gasteiger partial charge is 0.257 e. The molecular weight excluding hydrogens is 374 g/mol. The van der Waals surface area contributed by atoms with Crippen molar-refractivity contribution in [2.45, 2.75) is 72.6 Å². The highest BCUT2D eigenvalue weighted by atomic mass is 16.3. The maximum Gasteiger partial charge on any atom is 0.257 e. The minimum atomic E-state index is -0.246. The lowest BCUT2D eigenvalue weighted by atomic mass is 9.94. The third-order valence-electron chi connectivity index (χ3n) is 5.22. The van der Waals surface area contributed by atoms with Crippen molar-refractivity contribution in [3.05, 3.63) is 58.7 Å². The van der Waals surface area contributed by atoms with Crippen molar-refractivity contribution in [1.29, 1.82) is 0 Å². The number of phenolic OH excluding ortho intramolecular Hbond substituents is 2. The predicted octanol–water partition coefficient (Wildman–Crippen LogP) is 6.32. The van der Waals surface area contributed by atoms with Crippen molar-refractivity contribution in [1.82, 2.24) is 4.90 Å². The Bertz CT molecular complexity index is 786. The van der Waals surface area contributed by atoms with Gasteiger partial charge >= 0.3 is 0 Å². The Kier molecular flexibility index (Phi) is 11.0. The van der Waals surface area contributed by atoms with Gasteiger partial charge in [0, 0.05) is 19.2 Å². The molecule has 4 nitrogen and oxygen atoms in total. The molecule has 0 radical (unpaired) electrons. The molecule has 0 unspecified atom stereocenters. The summed E-state index contributed by atoms with van der Waals surface area (Å²) in [4.78, 5) is 14.6. The third kappa shape index (κ3) is 7.74. The monoisotopic (exact) mass is 413 g/mol. The summed E-state index contributed by atoms with van der Waals surface area (Å²) in [6.07, 6.45) is 11.8. The van der Waals surface area contributed by atoms with Gasteiger partial charge < -0.3 is 15.1 Å². The van der Waals surface area contributed by atoms with Crippen LogP contribution in [0, 0.1) is 0 Å². The maximum absolute atomic E-state index is 13.0. The molecule has 1 aromatic rings. The minimum Gasteiger partial charge on any atom is -0.508 e. The van der Waals surface area contributed by atoms with E-state index in [1.807, 2.05) is 6.08 Å². The van der Waals surface area contributed by atoms with Crippen LogP contribution in [0.1, 0.15) is 81.3 Å². The van der Waals surface area contributed by atoms with Crippen molar-refractivity contribution < 1.29 is 15.0 Å². The molecule has 0 heterocycles. The fraction of sp³-hybridized carbons (Fsp3) is 0.500. The van der Waals surface area contributed by atoms with Crippen LogP contribution in [0.5, 0.6) is 11.5 Å².